The van der Waals surface area contributed by atoms with Gasteiger partial charge in [0.25, 0.3) is 5.91 Å². The van der Waals surface area contributed by atoms with Crippen LogP contribution in [-0.2, 0) is 13.1 Å². The molecule has 1 heterocycles. The first-order chi connectivity index (χ1) is 12.9. The number of hydrogen-bond donors (Lipinski definition) is 0. The monoisotopic (exact) mass is 364 g/mol. The van der Waals surface area contributed by atoms with Crippen molar-refractivity contribution in [3.05, 3.63) is 95.6 Å². The Hall–Kier alpha value is -2.88. The van der Waals surface area contributed by atoms with E-state index in [0.29, 0.717) is 6.54 Å². The Labute approximate surface area is 160 Å². The summed E-state index contributed by atoms with van der Waals surface area (Å²) in [4.78, 5) is 14.8. The van der Waals surface area contributed by atoms with Crippen molar-refractivity contribution in [2.75, 3.05) is 0 Å². The normalized spacial score (nSPS) is 11.4. The van der Waals surface area contributed by atoms with Crippen molar-refractivity contribution in [1.82, 2.24) is 9.47 Å². The van der Waals surface area contributed by atoms with Gasteiger partial charge in [0.2, 0.25) is 0 Å². The Bertz CT molecular complexity index is 909. The number of aromatic nitrogens is 1. The quantitative estimate of drug-likeness (QED) is 0.617. The van der Waals surface area contributed by atoms with E-state index in [1.54, 1.807) is 23.1 Å². The second-order valence-electron chi connectivity index (χ2n) is 7.65. The Balaban J connectivity index is 1.88. The largest absolute Gasteiger partial charge is 0.345 e. The molecule has 0 unspecified atom stereocenters. The van der Waals surface area contributed by atoms with E-state index < -0.39 is 11.4 Å². The van der Waals surface area contributed by atoms with Crippen LogP contribution >= 0.6 is 0 Å². The lowest BCUT2D eigenvalue weighted by Gasteiger charge is -2.36. The minimum absolute atomic E-state index is 0.105. The molecule has 0 spiro atoms. The fourth-order valence-electron chi connectivity index (χ4n) is 3.08. The first-order valence-corrected chi connectivity index (χ1v) is 9.11. The zero-order chi connectivity index (χ0) is 19.4. The third-order valence-corrected chi connectivity index (χ3v) is 4.60. The van der Waals surface area contributed by atoms with Crippen molar-refractivity contribution >= 4 is 5.91 Å². The van der Waals surface area contributed by atoms with E-state index in [-0.39, 0.29) is 11.5 Å². The average molecular weight is 364 g/mol. The van der Waals surface area contributed by atoms with Crippen LogP contribution in [0.4, 0.5) is 4.39 Å². The molecule has 0 saturated heterocycles. The fourth-order valence-corrected chi connectivity index (χ4v) is 3.08. The Kier molecular flexibility index (Phi) is 5.45. The van der Waals surface area contributed by atoms with Gasteiger partial charge in [0.1, 0.15) is 5.82 Å². The van der Waals surface area contributed by atoms with Gasteiger partial charge in [-0.3, -0.25) is 4.79 Å². The summed E-state index contributed by atoms with van der Waals surface area (Å²) in [6.45, 7) is 7.05. The number of carbonyl (C=O) groups excluding carboxylic acids is 1. The van der Waals surface area contributed by atoms with Crippen LogP contribution in [0.5, 0.6) is 0 Å². The lowest BCUT2D eigenvalue weighted by molar-refractivity contribution is 0.0547. The molecule has 3 aromatic rings. The van der Waals surface area contributed by atoms with E-state index in [9.17, 15) is 9.18 Å². The van der Waals surface area contributed by atoms with E-state index in [2.05, 4.69) is 16.7 Å². The topological polar surface area (TPSA) is 25.2 Å². The van der Waals surface area contributed by atoms with Crippen molar-refractivity contribution in [1.29, 1.82) is 0 Å². The number of hydrogen-bond acceptors (Lipinski definition) is 1. The van der Waals surface area contributed by atoms with Crippen LogP contribution in [0.25, 0.3) is 0 Å². The summed E-state index contributed by atoms with van der Waals surface area (Å²) in [7, 11) is 0. The first-order valence-electron chi connectivity index (χ1n) is 9.11. The van der Waals surface area contributed by atoms with Crippen molar-refractivity contribution in [3.63, 3.8) is 0 Å². The highest BCUT2D eigenvalue weighted by molar-refractivity contribution is 5.94. The molecule has 0 saturated carbocycles. The lowest BCUT2D eigenvalue weighted by Crippen LogP contribution is -2.45. The van der Waals surface area contributed by atoms with Gasteiger partial charge in [-0.05, 0) is 50.6 Å². The van der Waals surface area contributed by atoms with Gasteiger partial charge in [-0.2, -0.15) is 0 Å². The van der Waals surface area contributed by atoms with E-state index in [0.717, 1.165) is 12.2 Å². The number of nitrogens with zero attached hydrogens (tertiary/aromatic N) is 2. The molecule has 2 aromatic carbocycles. The smallest absolute Gasteiger partial charge is 0.257 e. The maximum Gasteiger partial charge on any atom is 0.257 e. The molecule has 0 aliphatic rings. The second kappa shape index (κ2) is 7.78. The molecule has 0 radical (unpaired) electrons. The van der Waals surface area contributed by atoms with E-state index >= 15 is 0 Å². The van der Waals surface area contributed by atoms with Crippen LogP contribution in [-0.4, -0.2) is 20.9 Å². The number of benzene rings is 2. The lowest BCUT2D eigenvalue weighted by atomic mass is 10.0. The molecule has 0 N–H and O–H groups in total. The summed E-state index contributed by atoms with van der Waals surface area (Å²) in [5.74, 6) is -0.788. The Morgan fingerprint density at radius 2 is 1.63 bits per heavy atom. The van der Waals surface area contributed by atoms with Crippen molar-refractivity contribution in [2.45, 2.75) is 39.4 Å². The SMILES string of the molecule is CC(C)(C)N(Cc1cccn1Cc1ccccc1)C(=O)c1ccccc1F. The number of carbonyl (C=O) groups is 1. The molecule has 27 heavy (non-hydrogen) atoms. The molecule has 3 nitrogen and oxygen atoms in total. The van der Waals surface area contributed by atoms with Crippen LogP contribution in [0, 0.1) is 5.82 Å². The zero-order valence-corrected chi connectivity index (χ0v) is 16.0. The predicted octanol–water partition coefficient (Wildman–Crippen LogP) is 5.12. The van der Waals surface area contributed by atoms with Gasteiger partial charge in [0, 0.05) is 24.0 Å². The van der Waals surface area contributed by atoms with Gasteiger partial charge >= 0.3 is 0 Å². The van der Waals surface area contributed by atoms with Crippen LogP contribution in [0.2, 0.25) is 0 Å². The van der Waals surface area contributed by atoms with Gasteiger partial charge in [-0.15, -0.1) is 0 Å². The summed E-state index contributed by atoms with van der Waals surface area (Å²) < 4.78 is 16.3. The Morgan fingerprint density at radius 1 is 0.963 bits per heavy atom. The zero-order valence-electron chi connectivity index (χ0n) is 16.0. The first kappa shape index (κ1) is 18.9. The molecular weight excluding hydrogens is 339 g/mol. The molecule has 3 rings (SSSR count). The summed E-state index contributed by atoms with van der Waals surface area (Å²) >= 11 is 0. The number of rotatable bonds is 5. The van der Waals surface area contributed by atoms with Crippen LogP contribution in [0.3, 0.4) is 0 Å². The summed E-state index contributed by atoms with van der Waals surface area (Å²) in [5.41, 5.74) is 1.87. The van der Waals surface area contributed by atoms with Gasteiger partial charge in [0.05, 0.1) is 12.1 Å². The van der Waals surface area contributed by atoms with Crippen molar-refractivity contribution < 1.29 is 9.18 Å². The average Bonchev–Trinajstić information content (AvgIpc) is 3.06. The summed E-state index contributed by atoms with van der Waals surface area (Å²) in [5, 5.41) is 0. The molecule has 4 heteroatoms. The maximum atomic E-state index is 14.2. The van der Waals surface area contributed by atoms with Crippen LogP contribution < -0.4 is 0 Å². The van der Waals surface area contributed by atoms with Crippen molar-refractivity contribution in [2.24, 2.45) is 0 Å². The molecule has 0 fully saturated rings. The highest BCUT2D eigenvalue weighted by atomic mass is 19.1. The molecule has 0 aliphatic heterocycles. The van der Waals surface area contributed by atoms with Gasteiger partial charge < -0.3 is 9.47 Å². The maximum absolute atomic E-state index is 14.2. The third-order valence-electron chi connectivity index (χ3n) is 4.60. The third kappa shape index (κ3) is 4.45. The van der Waals surface area contributed by atoms with Crippen molar-refractivity contribution in [3.8, 4) is 0 Å². The summed E-state index contributed by atoms with van der Waals surface area (Å²) in [6.07, 6.45) is 2.01. The van der Waals surface area contributed by atoms with Gasteiger partial charge in [0.15, 0.2) is 0 Å². The molecular formula is C23H25FN2O. The highest BCUT2D eigenvalue weighted by Gasteiger charge is 2.29. The van der Waals surface area contributed by atoms with Crippen LogP contribution in [0.1, 0.15) is 42.4 Å². The molecule has 140 valence electrons. The molecule has 0 atom stereocenters. The highest BCUT2D eigenvalue weighted by Crippen LogP contribution is 2.22. The number of amides is 1. The molecule has 1 aromatic heterocycles. The minimum atomic E-state index is -0.489. The summed E-state index contributed by atoms with van der Waals surface area (Å²) in [6, 6.07) is 20.3. The van der Waals surface area contributed by atoms with Crippen LogP contribution in [0.15, 0.2) is 72.9 Å². The standard InChI is InChI=1S/C23H25FN2O/c1-23(2,3)26(22(27)20-13-7-8-14-21(20)24)17-19-12-9-15-25(19)16-18-10-5-4-6-11-18/h4-15H,16-17H2,1-3H3. The van der Waals surface area contributed by atoms with Gasteiger partial charge in [-0.1, -0.05) is 42.5 Å². The number of halogens is 1. The molecule has 0 bridgehead atoms. The molecule has 0 aliphatic carbocycles. The van der Waals surface area contributed by atoms with E-state index in [1.165, 1.54) is 11.6 Å². The van der Waals surface area contributed by atoms with E-state index in [4.69, 9.17) is 0 Å². The van der Waals surface area contributed by atoms with E-state index in [1.807, 2.05) is 57.3 Å². The fraction of sp³-hybridized carbons (Fsp3) is 0.261. The Morgan fingerprint density at radius 3 is 2.30 bits per heavy atom. The minimum Gasteiger partial charge on any atom is -0.345 e. The molecule has 1 amide bonds. The second-order valence-corrected chi connectivity index (χ2v) is 7.65. The predicted molar refractivity (Wildman–Crippen MR) is 106 cm³/mol. The van der Waals surface area contributed by atoms with Gasteiger partial charge in [-0.25, -0.2) is 4.39 Å².